The van der Waals surface area contributed by atoms with Gasteiger partial charge in [-0.2, -0.15) is 0 Å². The predicted octanol–water partition coefficient (Wildman–Crippen LogP) is 0.137. The summed E-state index contributed by atoms with van der Waals surface area (Å²) in [6.07, 6.45) is 3.04. The highest BCUT2D eigenvalue weighted by Gasteiger charge is 2.36. The highest BCUT2D eigenvalue weighted by Crippen LogP contribution is 2.36. The maximum absolute atomic E-state index is 9.52. The van der Waals surface area contributed by atoms with Crippen LogP contribution >= 0.6 is 0 Å². The van der Waals surface area contributed by atoms with Crippen molar-refractivity contribution in [2.75, 3.05) is 26.3 Å². The molecule has 2 aliphatic heterocycles. The van der Waals surface area contributed by atoms with Crippen molar-refractivity contribution in [3.05, 3.63) is 0 Å². The normalized spacial score (nSPS) is 35.2. The van der Waals surface area contributed by atoms with Crippen molar-refractivity contribution in [3.8, 4) is 0 Å². The molecule has 1 spiro atoms. The SMILES string of the molecule is O[C@@H]1CNCC2(CCOCC2)C1. The van der Waals surface area contributed by atoms with Gasteiger partial charge in [0.05, 0.1) is 6.10 Å². The minimum absolute atomic E-state index is 0.142. The predicted molar refractivity (Wildman–Crippen MR) is 46.0 cm³/mol. The van der Waals surface area contributed by atoms with Gasteiger partial charge in [0.2, 0.25) is 0 Å². The van der Waals surface area contributed by atoms with Crippen LogP contribution in [0, 0.1) is 5.41 Å². The summed E-state index contributed by atoms with van der Waals surface area (Å²) >= 11 is 0. The number of rotatable bonds is 0. The Morgan fingerprint density at radius 2 is 2.08 bits per heavy atom. The topological polar surface area (TPSA) is 41.5 Å². The van der Waals surface area contributed by atoms with E-state index in [0.717, 1.165) is 45.6 Å². The quantitative estimate of drug-likeness (QED) is 0.544. The van der Waals surface area contributed by atoms with E-state index in [4.69, 9.17) is 4.74 Å². The maximum atomic E-state index is 9.52. The van der Waals surface area contributed by atoms with Crippen LogP contribution < -0.4 is 5.32 Å². The number of nitrogens with one attached hydrogen (secondary N) is 1. The number of aliphatic hydroxyl groups excluding tert-OH is 1. The molecule has 70 valence electrons. The molecule has 0 aromatic carbocycles. The van der Waals surface area contributed by atoms with Crippen LogP contribution in [0.15, 0.2) is 0 Å². The molecule has 3 nitrogen and oxygen atoms in total. The Kier molecular flexibility index (Phi) is 2.35. The van der Waals surface area contributed by atoms with Gasteiger partial charge in [-0.3, -0.25) is 0 Å². The lowest BCUT2D eigenvalue weighted by Crippen LogP contribution is -2.49. The Bertz CT molecular complexity index is 149. The first-order valence-electron chi connectivity index (χ1n) is 4.77. The molecule has 12 heavy (non-hydrogen) atoms. The molecule has 1 atom stereocenters. The third-order valence-corrected chi connectivity index (χ3v) is 3.10. The molecule has 2 heterocycles. The molecular formula is C9H17NO2. The van der Waals surface area contributed by atoms with Gasteiger partial charge in [0, 0.05) is 26.3 Å². The number of hydrogen-bond acceptors (Lipinski definition) is 3. The zero-order valence-corrected chi connectivity index (χ0v) is 7.38. The van der Waals surface area contributed by atoms with Crippen LogP contribution in [0.4, 0.5) is 0 Å². The Balaban J connectivity index is 1.97. The van der Waals surface area contributed by atoms with E-state index in [1.807, 2.05) is 0 Å². The maximum Gasteiger partial charge on any atom is 0.0670 e. The van der Waals surface area contributed by atoms with Gasteiger partial charge < -0.3 is 15.2 Å². The molecule has 2 rings (SSSR count). The van der Waals surface area contributed by atoms with Crippen molar-refractivity contribution in [2.24, 2.45) is 5.41 Å². The first-order chi connectivity index (χ1) is 5.81. The summed E-state index contributed by atoms with van der Waals surface area (Å²) in [5.41, 5.74) is 0.343. The summed E-state index contributed by atoms with van der Waals surface area (Å²) in [5.74, 6) is 0. The number of hydrogen-bond donors (Lipinski definition) is 2. The third kappa shape index (κ3) is 1.63. The minimum Gasteiger partial charge on any atom is -0.392 e. The van der Waals surface area contributed by atoms with E-state index in [0.29, 0.717) is 5.41 Å². The molecule has 2 N–H and O–H groups in total. The summed E-state index contributed by atoms with van der Waals surface area (Å²) in [6, 6.07) is 0. The second-order valence-corrected chi connectivity index (χ2v) is 4.10. The van der Waals surface area contributed by atoms with Gasteiger partial charge in [-0.05, 0) is 24.7 Å². The van der Waals surface area contributed by atoms with E-state index in [1.165, 1.54) is 0 Å². The highest BCUT2D eigenvalue weighted by atomic mass is 16.5. The number of β-amino-alcohol motifs (C(OH)–C–C–N with tert-alkyl or cyclic N) is 1. The monoisotopic (exact) mass is 171 g/mol. The number of ether oxygens (including phenoxy) is 1. The van der Waals surface area contributed by atoms with E-state index in [9.17, 15) is 5.11 Å². The van der Waals surface area contributed by atoms with Gasteiger partial charge in [0.1, 0.15) is 0 Å². The summed E-state index contributed by atoms with van der Waals surface area (Å²) in [6.45, 7) is 3.57. The fourth-order valence-corrected chi connectivity index (χ4v) is 2.33. The van der Waals surface area contributed by atoms with Crippen molar-refractivity contribution < 1.29 is 9.84 Å². The Hall–Kier alpha value is -0.120. The molecule has 0 aromatic heterocycles. The van der Waals surface area contributed by atoms with Gasteiger partial charge in [0.15, 0.2) is 0 Å². The smallest absolute Gasteiger partial charge is 0.0670 e. The summed E-state index contributed by atoms with van der Waals surface area (Å²) in [4.78, 5) is 0. The van der Waals surface area contributed by atoms with Gasteiger partial charge in [-0.15, -0.1) is 0 Å². The molecule has 0 saturated carbocycles. The van der Waals surface area contributed by atoms with E-state index >= 15 is 0 Å². The van der Waals surface area contributed by atoms with Crippen LogP contribution in [0.3, 0.4) is 0 Å². The average Bonchev–Trinajstić information content (AvgIpc) is 2.05. The molecule has 2 fully saturated rings. The molecule has 0 unspecified atom stereocenters. The van der Waals surface area contributed by atoms with Crippen LogP contribution in [-0.2, 0) is 4.74 Å². The first-order valence-corrected chi connectivity index (χ1v) is 4.77. The lowest BCUT2D eigenvalue weighted by Gasteiger charge is -2.42. The summed E-state index contributed by atoms with van der Waals surface area (Å²) in [7, 11) is 0. The highest BCUT2D eigenvalue weighted by molar-refractivity contribution is 4.90. The van der Waals surface area contributed by atoms with Gasteiger partial charge in [-0.25, -0.2) is 0 Å². The van der Waals surface area contributed by atoms with Crippen molar-refractivity contribution in [1.29, 1.82) is 0 Å². The Morgan fingerprint density at radius 3 is 2.75 bits per heavy atom. The Labute approximate surface area is 73.1 Å². The van der Waals surface area contributed by atoms with Crippen molar-refractivity contribution >= 4 is 0 Å². The molecule has 0 amide bonds. The molecule has 0 aromatic rings. The van der Waals surface area contributed by atoms with Crippen LogP contribution in [-0.4, -0.2) is 37.5 Å². The molecule has 2 saturated heterocycles. The van der Waals surface area contributed by atoms with E-state index in [1.54, 1.807) is 0 Å². The Morgan fingerprint density at radius 1 is 1.33 bits per heavy atom. The van der Waals surface area contributed by atoms with Crippen molar-refractivity contribution in [3.63, 3.8) is 0 Å². The second-order valence-electron chi connectivity index (χ2n) is 4.10. The first kappa shape index (κ1) is 8.48. The third-order valence-electron chi connectivity index (χ3n) is 3.10. The zero-order chi connectivity index (χ0) is 8.44. The zero-order valence-electron chi connectivity index (χ0n) is 7.38. The fourth-order valence-electron chi connectivity index (χ4n) is 2.33. The van der Waals surface area contributed by atoms with Crippen LogP contribution in [0.1, 0.15) is 19.3 Å². The van der Waals surface area contributed by atoms with Gasteiger partial charge in [-0.1, -0.05) is 0 Å². The largest absolute Gasteiger partial charge is 0.392 e. The standard InChI is InChI=1S/C9H17NO2/c11-8-5-9(7-10-6-8)1-3-12-4-2-9/h8,10-11H,1-7H2/t8-/m0/s1. The molecule has 0 radical (unpaired) electrons. The van der Waals surface area contributed by atoms with Crippen molar-refractivity contribution in [2.45, 2.75) is 25.4 Å². The molecule has 0 bridgehead atoms. The van der Waals surface area contributed by atoms with E-state index in [2.05, 4.69) is 5.32 Å². The lowest BCUT2D eigenvalue weighted by atomic mass is 9.74. The molecular weight excluding hydrogens is 154 g/mol. The molecule has 3 heteroatoms. The second kappa shape index (κ2) is 3.32. The lowest BCUT2D eigenvalue weighted by molar-refractivity contribution is -0.0289. The summed E-state index contributed by atoms with van der Waals surface area (Å²) in [5, 5.41) is 12.8. The average molecular weight is 171 g/mol. The number of aliphatic hydroxyl groups is 1. The van der Waals surface area contributed by atoms with Gasteiger partial charge in [0.25, 0.3) is 0 Å². The molecule has 2 aliphatic rings. The van der Waals surface area contributed by atoms with E-state index in [-0.39, 0.29) is 6.10 Å². The van der Waals surface area contributed by atoms with E-state index < -0.39 is 0 Å². The minimum atomic E-state index is -0.142. The van der Waals surface area contributed by atoms with Crippen LogP contribution in [0.5, 0.6) is 0 Å². The van der Waals surface area contributed by atoms with Gasteiger partial charge >= 0.3 is 0 Å². The van der Waals surface area contributed by atoms with Crippen LogP contribution in [0.2, 0.25) is 0 Å². The van der Waals surface area contributed by atoms with Crippen molar-refractivity contribution in [1.82, 2.24) is 5.32 Å². The van der Waals surface area contributed by atoms with Crippen LogP contribution in [0.25, 0.3) is 0 Å². The number of piperidine rings is 1. The fraction of sp³-hybridized carbons (Fsp3) is 1.00. The summed E-state index contributed by atoms with van der Waals surface area (Å²) < 4.78 is 5.32. The molecule has 0 aliphatic carbocycles.